The van der Waals surface area contributed by atoms with Crippen LogP contribution in [0.25, 0.3) is 0 Å². The largest absolute Gasteiger partial charge is 0.351 e. The highest BCUT2D eigenvalue weighted by Crippen LogP contribution is 2.22. The van der Waals surface area contributed by atoms with E-state index in [0.29, 0.717) is 13.0 Å². The first-order valence-corrected chi connectivity index (χ1v) is 10.1. The molecule has 0 aromatic heterocycles. The first-order valence-electron chi connectivity index (χ1n) is 10.1. The molecule has 0 unspecified atom stereocenters. The lowest BCUT2D eigenvalue weighted by Crippen LogP contribution is -2.49. The van der Waals surface area contributed by atoms with Gasteiger partial charge in [-0.25, -0.2) is 0 Å². The molecule has 3 rings (SSSR count). The molecular formula is C21H31N3O2. The van der Waals surface area contributed by atoms with Crippen molar-refractivity contribution in [2.75, 3.05) is 24.5 Å². The highest BCUT2D eigenvalue weighted by molar-refractivity contribution is 5.95. The lowest BCUT2D eigenvalue weighted by Gasteiger charge is -2.34. The maximum absolute atomic E-state index is 12.7. The van der Waals surface area contributed by atoms with Crippen molar-refractivity contribution in [3.63, 3.8) is 0 Å². The van der Waals surface area contributed by atoms with E-state index in [0.717, 1.165) is 63.0 Å². The summed E-state index contributed by atoms with van der Waals surface area (Å²) in [6.07, 6.45) is 7.20. The van der Waals surface area contributed by atoms with Crippen LogP contribution in [-0.4, -0.2) is 42.4 Å². The molecule has 5 nitrogen and oxygen atoms in total. The maximum atomic E-state index is 12.7. The zero-order chi connectivity index (χ0) is 18.4. The van der Waals surface area contributed by atoms with E-state index in [4.69, 9.17) is 0 Å². The summed E-state index contributed by atoms with van der Waals surface area (Å²) in [5, 5.41) is 3.11. The molecule has 0 radical (unpaired) electrons. The van der Waals surface area contributed by atoms with Gasteiger partial charge in [-0.05, 0) is 56.5 Å². The molecule has 142 valence electrons. The first-order chi connectivity index (χ1) is 12.7. The van der Waals surface area contributed by atoms with Gasteiger partial charge in [0.05, 0.1) is 6.04 Å². The number of hydrogen-bond acceptors (Lipinski definition) is 3. The van der Waals surface area contributed by atoms with Crippen molar-refractivity contribution in [2.45, 2.75) is 64.5 Å². The fourth-order valence-electron chi connectivity index (χ4n) is 3.94. The Bertz CT molecular complexity index is 614. The third-order valence-electron chi connectivity index (χ3n) is 5.50. The van der Waals surface area contributed by atoms with Gasteiger partial charge in [-0.3, -0.25) is 14.5 Å². The lowest BCUT2D eigenvalue weighted by molar-refractivity contribution is -0.127. The number of nitrogens with zero attached hydrogens (tertiary/aromatic N) is 2. The Morgan fingerprint density at radius 2 is 1.96 bits per heavy atom. The van der Waals surface area contributed by atoms with Gasteiger partial charge in [0.2, 0.25) is 11.8 Å². The van der Waals surface area contributed by atoms with E-state index >= 15 is 0 Å². The molecule has 5 heteroatoms. The highest BCUT2D eigenvalue weighted by atomic mass is 16.2. The summed E-state index contributed by atoms with van der Waals surface area (Å²) in [6.45, 7) is 5.61. The monoisotopic (exact) mass is 357 g/mol. The van der Waals surface area contributed by atoms with Gasteiger partial charge in [-0.2, -0.15) is 0 Å². The van der Waals surface area contributed by atoms with Crippen molar-refractivity contribution in [1.82, 2.24) is 10.2 Å². The Hall–Kier alpha value is -1.88. The Labute approximate surface area is 156 Å². The molecule has 2 saturated heterocycles. The molecule has 1 aromatic rings. The smallest absolute Gasteiger partial charge is 0.237 e. The summed E-state index contributed by atoms with van der Waals surface area (Å²) >= 11 is 0. The zero-order valence-corrected chi connectivity index (χ0v) is 15.9. The molecule has 1 N–H and O–H groups in total. The molecule has 26 heavy (non-hydrogen) atoms. The highest BCUT2D eigenvalue weighted by Gasteiger charge is 2.28. The van der Waals surface area contributed by atoms with Gasteiger partial charge in [-0.15, -0.1) is 0 Å². The quantitative estimate of drug-likeness (QED) is 0.816. The Balaban J connectivity index is 1.52. The zero-order valence-electron chi connectivity index (χ0n) is 15.9. The molecule has 0 aliphatic carbocycles. The molecule has 2 aliphatic heterocycles. The second-order valence-corrected chi connectivity index (χ2v) is 7.43. The van der Waals surface area contributed by atoms with Gasteiger partial charge in [0.1, 0.15) is 0 Å². The van der Waals surface area contributed by atoms with Crippen LogP contribution in [0.5, 0.6) is 0 Å². The second-order valence-electron chi connectivity index (χ2n) is 7.43. The van der Waals surface area contributed by atoms with E-state index in [1.165, 1.54) is 6.42 Å². The summed E-state index contributed by atoms with van der Waals surface area (Å²) < 4.78 is 0. The van der Waals surface area contributed by atoms with Crippen molar-refractivity contribution >= 4 is 17.5 Å². The van der Waals surface area contributed by atoms with E-state index in [-0.39, 0.29) is 17.9 Å². The minimum atomic E-state index is 0.0248. The lowest BCUT2D eigenvalue weighted by atomic mass is 10.0. The Kier molecular flexibility index (Phi) is 6.67. The van der Waals surface area contributed by atoms with Crippen LogP contribution in [0, 0.1) is 0 Å². The van der Waals surface area contributed by atoms with Gasteiger partial charge in [0.15, 0.2) is 0 Å². The van der Waals surface area contributed by atoms with E-state index in [1.807, 2.05) is 29.2 Å². The van der Waals surface area contributed by atoms with Crippen LogP contribution < -0.4 is 10.2 Å². The molecule has 2 amide bonds. The number of nitrogens with one attached hydrogen (secondary N) is 1. The van der Waals surface area contributed by atoms with Crippen LogP contribution in [0.3, 0.4) is 0 Å². The number of rotatable bonds is 7. The van der Waals surface area contributed by atoms with E-state index < -0.39 is 0 Å². The van der Waals surface area contributed by atoms with Gasteiger partial charge in [0.25, 0.3) is 0 Å². The number of carbonyl (C=O) groups excluding carboxylic acids is 2. The fraction of sp³-hybridized carbons (Fsp3) is 0.619. The summed E-state index contributed by atoms with van der Waals surface area (Å²) in [5.74, 6) is 0.357. The topological polar surface area (TPSA) is 52.7 Å². The van der Waals surface area contributed by atoms with E-state index in [9.17, 15) is 9.59 Å². The summed E-state index contributed by atoms with van der Waals surface area (Å²) in [4.78, 5) is 28.7. The van der Waals surface area contributed by atoms with Crippen molar-refractivity contribution in [1.29, 1.82) is 0 Å². The summed E-state index contributed by atoms with van der Waals surface area (Å²) in [7, 11) is 0. The molecule has 0 spiro atoms. The fourth-order valence-corrected chi connectivity index (χ4v) is 3.94. The van der Waals surface area contributed by atoms with Gasteiger partial charge >= 0.3 is 0 Å². The van der Waals surface area contributed by atoms with Gasteiger partial charge in [0, 0.05) is 25.2 Å². The van der Waals surface area contributed by atoms with E-state index in [1.54, 1.807) is 0 Å². The number of hydrogen-bond donors (Lipinski definition) is 1. The number of unbranched alkanes of at least 4 members (excludes halogenated alkanes) is 1. The molecule has 2 heterocycles. The predicted octanol–water partition coefficient (Wildman–Crippen LogP) is 3.08. The average Bonchev–Trinajstić information content (AvgIpc) is 3.11. The van der Waals surface area contributed by atoms with Crippen molar-refractivity contribution in [3.05, 3.63) is 29.8 Å². The van der Waals surface area contributed by atoms with Crippen LogP contribution in [-0.2, 0) is 16.1 Å². The van der Waals surface area contributed by atoms with Crippen LogP contribution in [0.15, 0.2) is 24.3 Å². The number of anilines is 1. The number of likely N-dealkylation sites (tertiary alicyclic amines) is 1. The maximum Gasteiger partial charge on any atom is 0.237 e. The predicted molar refractivity (Wildman–Crippen MR) is 104 cm³/mol. The minimum absolute atomic E-state index is 0.0248. The van der Waals surface area contributed by atoms with Crippen LogP contribution in [0.4, 0.5) is 5.69 Å². The molecule has 0 saturated carbocycles. The van der Waals surface area contributed by atoms with Crippen LogP contribution in [0.1, 0.15) is 57.4 Å². The molecule has 0 bridgehead atoms. The average molecular weight is 357 g/mol. The Morgan fingerprint density at radius 1 is 1.15 bits per heavy atom. The molecule has 2 fully saturated rings. The standard InChI is InChI=1S/C21H31N3O2/c1-2-3-13-23-14-5-4-7-19(23)21(26)22-16-17-9-11-18(12-10-17)24-15-6-8-20(24)25/h9-12,19H,2-8,13-16H2,1H3,(H,22,26)/t19-/m0/s1. The van der Waals surface area contributed by atoms with E-state index in [2.05, 4.69) is 17.1 Å². The minimum Gasteiger partial charge on any atom is -0.351 e. The second kappa shape index (κ2) is 9.17. The van der Waals surface area contributed by atoms with Crippen molar-refractivity contribution < 1.29 is 9.59 Å². The normalized spacial score (nSPS) is 21.2. The molecule has 1 aromatic carbocycles. The first kappa shape index (κ1) is 18.9. The third kappa shape index (κ3) is 4.64. The third-order valence-corrected chi connectivity index (χ3v) is 5.50. The SMILES string of the molecule is CCCCN1CCCC[C@H]1C(=O)NCc1ccc(N2CCCC2=O)cc1. The number of carbonyl (C=O) groups is 2. The summed E-state index contributed by atoms with van der Waals surface area (Å²) in [5.41, 5.74) is 2.03. The molecule has 2 aliphatic rings. The number of piperidine rings is 1. The van der Waals surface area contributed by atoms with Crippen molar-refractivity contribution in [3.8, 4) is 0 Å². The number of amides is 2. The van der Waals surface area contributed by atoms with Crippen molar-refractivity contribution in [2.24, 2.45) is 0 Å². The van der Waals surface area contributed by atoms with Crippen LogP contribution >= 0.6 is 0 Å². The molecule has 1 atom stereocenters. The Morgan fingerprint density at radius 3 is 2.65 bits per heavy atom. The number of benzene rings is 1. The summed E-state index contributed by atoms with van der Waals surface area (Å²) in [6, 6.07) is 8.02. The van der Waals surface area contributed by atoms with Gasteiger partial charge in [-0.1, -0.05) is 31.9 Å². The van der Waals surface area contributed by atoms with Crippen LogP contribution in [0.2, 0.25) is 0 Å². The van der Waals surface area contributed by atoms with Gasteiger partial charge < -0.3 is 10.2 Å². The molecular weight excluding hydrogens is 326 g/mol.